The van der Waals surface area contributed by atoms with Gasteiger partial charge in [-0.15, -0.1) is 0 Å². The molecule has 2 fully saturated rings. The Kier molecular flexibility index (Phi) is 7.35. The van der Waals surface area contributed by atoms with E-state index in [0.29, 0.717) is 0 Å². The lowest BCUT2D eigenvalue weighted by Crippen LogP contribution is -2.40. The Hall–Kier alpha value is -1.10. The summed E-state index contributed by atoms with van der Waals surface area (Å²) in [7, 11) is 6.16. The second-order valence-corrected chi connectivity index (χ2v) is 8.34. The summed E-state index contributed by atoms with van der Waals surface area (Å²) in [5.74, 6) is 1.04. The van der Waals surface area contributed by atoms with Gasteiger partial charge in [0.1, 0.15) is 5.75 Å². The van der Waals surface area contributed by atoms with Crippen molar-refractivity contribution in [3.8, 4) is 5.75 Å². The molecule has 1 aromatic rings. The molecular formula is C22H37N3O. The first-order chi connectivity index (χ1) is 12.7. The standard InChI is InChI=1S/C22H37N3O/c1-23(2)15-11-21-8-4-5-14-25(21)17-19-9-10-22(26-3)20(16-19)18-24-12-6-7-13-24/h9-10,16,21H,4-8,11-15,17-18H2,1-3H3. The van der Waals surface area contributed by atoms with Crippen LogP contribution < -0.4 is 4.74 Å². The molecule has 2 aliphatic heterocycles. The molecule has 0 aliphatic carbocycles. The second-order valence-electron chi connectivity index (χ2n) is 8.34. The van der Waals surface area contributed by atoms with Crippen LogP contribution in [0, 0.1) is 0 Å². The van der Waals surface area contributed by atoms with Gasteiger partial charge in [0.2, 0.25) is 0 Å². The molecule has 0 radical (unpaired) electrons. The van der Waals surface area contributed by atoms with Gasteiger partial charge in [-0.3, -0.25) is 9.80 Å². The molecule has 4 nitrogen and oxygen atoms in total. The molecular weight excluding hydrogens is 322 g/mol. The third-order valence-electron chi connectivity index (χ3n) is 5.98. The van der Waals surface area contributed by atoms with Gasteiger partial charge in [0.25, 0.3) is 0 Å². The van der Waals surface area contributed by atoms with Gasteiger partial charge in [-0.05, 0) is 90.1 Å². The number of hydrogen-bond acceptors (Lipinski definition) is 4. The van der Waals surface area contributed by atoms with E-state index in [1.165, 1.54) is 75.8 Å². The predicted molar refractivity (Wildman–Crippen MR) is 109 cm³/mol. The Labute approximate surface area is 160 Å². The summed E-state index contributed by atoms with van der Waals surface area (Å²) in [6.45, 7) is 6.99. The molecule has 0 amide bonds. The Balaban J connectivity index is 1.67. The lowest BCUT2D eigenvalue weighted by molar-refractivity contribution is 0.124. The largest absolute Gasteiger partial charge is 0.496 e. The second kappa shape index (κ2) is 9.72. The highest BCUT2D eigenvalue weighted by Gasteiger charge is 2.23. The van der Waals surface area contributed by atoms with Crippen molar-refractivity contribution in [3.05, 3.63) is 29.3 Å². The monoisotopic (exact) mass is 359 g/mol. The van der Waals surface area contributed by atoms with Crippen molar-refractivity contribution in [2.24, 2.45) is 0 Å². The lowest BCUT2D eigenvalue weighted by atomic mass is 9.98. The van der Waals surface area contributed by atoms with Crippen molar-refractivity contribution < 1.29 is 4.74 Å². The van der Waals surface area contributed by atoms with Crippen LogP contribution >= 0.6 is 0 Å². The van der Waals surface area contributed by atoms with E-state index in [9.17, 15) is 0 Å². The van der Waals surface area contributed by atoms with E-state index < -0.39 is 0 Å². The molecule has 0 spiro atoms. The highest BCUT2D eigenvalue weighted by molar-refractivity contribution is 5.37. The maximum Gasteiger partial charge on any atom is 0.123 e. The molecule has 2 aliphatic rings. The average molecular weight is 360 g/mol. The molecule has 2 saturated heterocycles. The van der Waals surface area contributed by atoms with Crippen LogP contribution in [-0.4, -0.2) is 68.1 Å². The molecule has 1 atom stereocenters. The van der Waals surface area contributed by atoms with Crippen LogP contribution in [0.25, 0.3) is 0 Å². The molecule has 3 rings (SSSR count). The van der Waals surface area contributed by atoms with E-state index in [0.717, 1.165) is 24.9 Å². The van der Waals surface area contributed by atoms with Crippen molar-refractivity contribution in [1.82, 2.24) is 14.7 Å². The molecule has 2 heterocycles. The summed E-state index contributed by atoms with van der Waals surface area (Å²) >= 11 is 0. The smallest absolute Gasteiger partial charge is 0.123 e. The van der Waals surface area contributed by atoms with E-state index in [1.54, 1.807) is 7.11 Å². The zero-order valence-corrected chi connectivity index (χ0v) is 17.0. The third-order valence-corrected chi connectivity index (χ3v) is 5.98. The minimum absolute atomic E-state index is 0.732. The fourth-order valence-corrected chi connectivity index (χ4v) is 4.47. The number of hydrogen-bond donors (Lipinski definition) is 0. The van der Waals surface area contributed by atoms with Crippen LogP contribution in [0.2, 0.25) is 0 Å². The number of rotatable bonds is 8. The van der Waals surface area contributed by atoms with E-state index in [1.807, 2.05) is 0 Å². The lowest BCUT2D eigenvalue weighted by Gasteiger charge is -2.36. The molecule has 0 N–H and O–H groups in total. The Bertz CT molecular complexity index is 554. The number of nitrogens with zero attached hydrogens (tertiary/aromatic N) is 3. The Morgan fingerprint density at radius 3 is 2.54 bits per heavy atom. The predicted octanol–water partition coefficient (Wildman–Crippen LogP) is 3.60. The van der Waals surface area contributed by atoms with Crippen molar-refractivity contribution in [3.63, 3.8) is 0 Å². The maximum absolute atomic E-state index is 5.64. The number of piperidine rings is 1. The topological polar surface area (TPSA) is 19.0 Å². The van der Waals surface area contributed by atoms with E-state index in [-0.39, 0.29) is 0 Å². The zero-order valence-electron chi connectivity index (χ0n) is 17.0. The van der Waals surface area contributed by atoms with Crippen LogP contribution in [0.4, 0.5) is 0 Å². The molecule has 0 bridgehead atoms. The summed E-state index contributed by atoms with van der Waals surface area (Å²) in [4.78, 5) is 7.59. The van der Waals surface area contributed by atoms with E-state index in [4.69, 9.17) is 4.74 Å². The first-order valence-electron chi connectivity index (χ1n) is 10.4. The van der Waals surface area contributed by atoms with Gasteiger partial charge < -0.3 is 9.64 Å². The molecule has 0 aromatic heterocycles. The summed E-state index contributed by atoms with van der Waals surface area (Å²) < 4.78 is 5.64. The van der Waals surface area contributed by atoms with Gasteiger partial charge in [0, 0.05) is 24.7 Å². The molecule has 1 unspecified atom stereocenters. The minimum atomic E-state index is 0.732. The minimum Gasteiger partial charge on any atom is -0.496 e. The SMILES string of the molecule is COc1ccc(CN2CCCCC2CCN(C)C)cc1CN1CCCC1. The maximum atomic E-state index is 5.64. The van der Waals surface area contributed by atoms with Crippen LogP contribution in [0.15, 0.2) is 18.2 Å². The number of benzene rings is 1. The van der Waals surface area contributed by atoms with Crippen molar-refractivity contribution in [2.75, 3.05) is 47.4 Å². The van der Waals surface area contributed by atoms with Gasteiger partial charge in [-0.1, -0.05) is 12.5 Å². The van der Waals surface area contributed by atoms with Crippen molar-refractivity contribution in [1.29, 1.82) is 0 Å². The number of methoxy groups -OCH3 is 1. The van der Waals surface area contributed by atoms with Gasteiger partial charge in [-0.25, -0.2) is 0 Å². The van der Waals surface area contributed by atoms with Gasteiger partial charge in [-0.2, -0.15) is 0 Å². The first-order valence-corrected chi connectivity index (χ1v) is 10.4. The summed E-state index contributed by atoms with van der Waals surface area (Å²) in [5, 5.41) is 0. The van der Waals surface area contributed by atoms with Crippen LogP contribution in [0.1, 0.15) is 49.7 Å². The quantitative estimate of drug-likeness (QED) is 0.706. The number of likely N-dealkylation sites (tertiary alicyclic amines) is 2. The third kappa shape index (κ3) is 5.45. The van der Waals surface area contributed by atoms with Crippen molar-refractivity contribution in [2.45, 2.75) is 57.7 Å². The van der Waals surface area contributed by atoms with E-state index >= 15 is 0 Å². The van der Waals surface area contributed by atoms with Gasteiger partial charge >= 0.3 is 0 Å². The normalized spacial score (nSPS) is 22.2. The summed E-state index contributed by atoms with van der Waals surface area (Å²) in [5.41, 5.74) is 2.80. The van der Waals surface area contributed by atoms with Crippen LogP contribution in [0.5, 0.6) is 5.75 Å². The van der Waals surface area contributed by atoms with Crippen LogP contribution in [0.3, 0.4) is 0 Å². The molecule has 4 heteroatoms. The first kappa shape index (κ1) is 19.7. The Morgan fingerprint density at radius 1 is 1.04 bits per heavy atom. The van der Waals surface area contributed by atoms with Crippen LogP contribution in [-0.2, 0) is 13.1 Å². The molecule has 26 heavy (non-hydrogen) atoms. The molecule has 1 aromatic carbocycles. The van der Waals surface area contributed by atoms with Gasteiger partial charge in [0.15, 0.2) is 0 Å². The van der Waals surface area contributed by atoms with Gasteiger partial charge in [0.05, 0.1) is 7.11 Å². The zero-order chi connectivity index (χ0) is 18.4. The highest BCUT2D eigenvalue weighted by atomic mass is 16.5. The molecule has 146 valence electrons. The fourth-order valence-electron chi connectivity index (χ4n) is 4.47. The number of ether oxygens (including phenoxy) is 1. The molecule has 0 saturated carbocycles. The fraction of sp³-hybridized carbons (Fsp3) is 0.727. The summed E-state index contributed by atoms with van der Waals surface area (Å²) in [6.07, 6.45) is 8.04. The average Bonchev–Trinajstić information content (AvgIpc) is 3.14. The summed E-state index contributed by atoms with van der Waals surface area (Å²) in [6, 6.07) is 7.58. The highest BCUT2D eigenvalue weighted by Crippen LogP contribution is 2.26. The Morgan fingerprint density at radius 2 is 1.81 bits per heavy atom. The van der Waals surface area contributed by atoms with Crippen molar-refractivity contribution >= 4 is 0 Å². The van der Waals surface area contributed by atoms with E-state index in [2.05, 4.69) is 47.0 Å².